The second-order valence-electron chi connectivity index (χ2n) is 8.61. The molecule has 2 aliphatic heterocycles. The number of hydrogen-bond donors (Lipinski definition) is 0. The van der Waals surface area contributed by atoms with Crippen LogP contribution in [0.2, 0.25) is 0 Å². The average molecular weight is 383 g/mol. The Bertz CT molecular complexity index is 893. The summed E-state index contributed by atoms with van der Waals surface area (Å²) in [4.78, 5) is 29.7. The van der Waals surface area contributed by atoms with Crippen LogP contribution in [0.1, 0.15) is 39.2 Å². The van der Waals surface area contributed by atoms with Crippen molar-refractivity contribution in [1.82, 2.24) is 24.8 Å². The normalized spacial score (nSPS) is 24.6. The highest BCUT2D eigenvalue weighted by atomic mass is 16.2. The predicted octanol–water partition coefficient (Wildman–Crippen LogP) is 1.93. The fourth-order valence-electron chi connectivity index (χ4n) is 4.81. The number of fused-ring (bicyclic) bond motifs is 1. The van der Waals surface area contributed by atoms with Crippen molar-refractivity contribution in [3.63, 3.8) is 0 Å². The second kappa shape index (κ2) is 7.99. The molecule has 28 heavy (non-hydrogen) atoms. The molecule has 2 aromatic rings. The maximum absolute atomic E-state index is 12.8. The van der Waals surface area contributed by atoms with Gasteiger partial charge in [0.05, 0.1) is 18.0 Å². The molecule has 1 amide bonds. The molecule has 2 saturated heterocycles. The molecule has 0 spiro atoms. The number of benzene rings is 1. The summed E-state index contributed by atoms with van der Waals surface area (Å²) in [5.74, 6) is 1.51. The van der Waals surface area contributed by atoms with Crippen LogP contribution in [-0.2, 0) is 4.79 Å². The van der Waals surface area contributed by atoms with Crippen molar-refractivity contribution >= 4 is 16.8 Å². The molecule has 2 aliphatic rings. The van der Waals surface area contributed by atoms with E-state index in [0.717, 1.165) is 25.9 Å². The first-order valence-electron chi connectivity index (χ1n) is 10.4. The summed E-state index contributed by atoms with van der Waals surface area (Å²) in [7, 11) is 0. The number of aromatic nitrogens is 3. The second-order valence-corrected chi connectivity index (χ2v) is 8.61. The first-order chi connectivity index (χ1) is 13.5. The molecule has 150 valence electrons. The standard InChI is InChI=1S/C21H29N5O2/c1-15-11-16(2)13-24(12-15)14-20(27)25-9-7-17(8-10-25)26-21(28)18-5-3-4-6-19(18)22-23-26/h3-6,15-17H,7-14H2,1-2H3. The Morgan fingerprint density at radius 1 is 1.11 bits per heavy atom. The summed E-state index contributed by atoms with van der Waals surface area (Å²) < 4.78 is 1.51. The molecule has 0 bridgehead atoms. The highest BCUT2D eigenvalue weighted by molar-refractivity contribution is 5.78. The number of hydrogen-bond acceptors (Lipinski definition) is 5. The van der Waals surface area contributed by atoms with Gasteiger partial charge in [-0.05, 0) is 43.2 Å². The number of rotatable bonds is 3. The Hall–Kier alpha value is -2.28. The Balaban J connectivity index is 1.37. The zero-order valence-electron chi connectivity index (χ0n) is 16.8. The van der Waals surface area contributed by atoms with E-state index < -0.39 is 0 Å². The fourth-order valence-corrected chi connectivity index (χ4v) is 4.81. The highest BCUT2D eigenvalue weighted by Gasteiger charge is 2.28. The van der Waals surface area contributed by atoms with Crippen molar-refractivity contribution in [3.8, 4) is 0 Å². The molecule has 2 unspecified atom stereocenters. The maximum atomic E-state index is 12.8. The molecule has 0 aliphatic carbocycles. The van der Waals surface area contributed by atoms with Gasteiger partial charge in [-0.15, -0.1) is 5.10 Å². The fraction of sp³-hybridized carbons (Fsp3) is 0.619. The van der Waals surface area contributed by atoms with E-state index in [1.54, 1.807) is 12.1 Å². The summed E-state index contributed by atoms with van der Waals surface area (Å²) in [6.45, 7) is 8.40. The zero-order valence-corrected chi connectivity index (χ0v) is 16.8. The van der Waals surface area contributed by atoms with Crippen molar-refractivity contribution < 1.29 is 4.79 Å². The topological polar surface area (TPSA) is 71.3 Å². The third-order valence-electron chi connectivity index (χ3n) is 6.06. The Labute approximate surface area is 165 Å². The molecule has 1 aromatic heterocycles. The molecular formula is C21H29N5O2. The van der Waals surface area contributed by atoms with Gasteiger partial charge in [0.1, 0.15) is 5.52 Å². The van der Waals surface area contributed by atoms with Crippen LogP contribution in [0.3, 0.4) is 0 Å². The van der Waals surface area contributed by atoms with Crippen molar-refractivity contribution in [2.75, 3.05) is 32.7 Å². The van der Waals surface area contributed by atoms with E-state index in [2.05, 4.69) is 29.1 Å². The van der Waals surface area contributed by atoms with Gasteiger partial charge in [-0.1, -0.05) is 31.2 Å². The molecule has 3 heterocycles. The average Bonchev–Trinajstić information content (AvgIpc) is 2.68. The molecule has 0 saturated carbocycles. The number of carbonyl (C=O) groups excluding carboxylic acids is 1. The lowest BCUT2D eigenvalue weighted by Gasteiger charge is -2.37. The molecular weight excluding hydrogens is 354 g/mol. The first-order valence-corrected chi connectivity index (χ1v) is 10.4. The van der Waals surface area contributed by atoms with Crippen LogP contribution in [0.25, 0.3) is 10.9 Å². The monoisotopic (exact) mass is 383 g/mol. The third kappa shape index (κ3) is 3.94. The lowest BCUT2D eigenvalue weighted by Crippen LogP contribution is -2.48. The highest BCUT2D eigenvalue weighted by Crippen LogP contribution is 2.23. The van der Waals surface area contributed by atoms with Crippen LogP contribution in [0.4, 0.5) is 0 Å². The van der Waals surface area contributed by atoms with Gasteiger partial charge in [-0.25, -0.2) is 4.68 Å². The van der Waals surface area contributed by atoms with Crippen molar-refractivity contribution in [2.45, 2.75) is 39.2 Å². The van der Waals surface area contributed by atoms with Crippen LogP contribution < -0.4 is 5.56 Å². The molecule has 2 fully saturated rings. The minimum absolute atomic E-state index is 0.00341. The third-order valence-corrected chi connectivity index (χ3v) is 6.06. The van der Waals surface area contributed by atoms with E-state index in [1.807, 2.05) is 17.0 Å². The molecule has 0 N–H and O–H groups in total. The number of likely N-dealkylation sites (tertiary alicyclic amines) is 2. The molecule has 0 radical (unpaired) electrons. The SMILES string of the molecule is CC1CC(C)CN(CC(=O)N2CCC(n3nnc4ccccc4c3=O)CC2)C1. The minimum Gasteiger partial charge on any atom is -0.341 e. The Morgan fingerprint density at radius 2 is 1.79 bits per heavy atom. The van der Waals surface area contributed by atoms with Crippen molar-refractivity contribution in [3.05, 3.63) is 34.6 Å². The summed E-state index contributed by atoms with van der Waals surface area (Å²) in [6.07, 6.45) is 2.73. The Kier molecular flexibility index (Phi) is 5.44. The molecule has 7 heteroatoms. The van der Waals surface area contributed by atoms with Gasteiger partial charge < -0.3 is 4.90 Å². The molecule has 4 rings (SSSR count). The maximum Gasteiger partial charge on any atom is 0.277 e. The number of nitrogens with zero attached hydrogens (tertiary/aromatic N) is 5. The number of carbonyl (C=O) groups is 1. The van der Waals surface area contributed by atoms with Gasteiger partial charge in [-0.2, -0.15) is 0 Å². The van der Waals surface area contributed by atoms with E-state index in [9.17, 15) is 9.59 Å². The van der Waals surface area contributed by atoms with Gasteiger partial charge in [0.2, 0.25) is 5.91 Å². The summed E-state index contributed by atoms with van der Waals surface area (Å²) in [5.41, 5.74) is 0.535. The van der Waals surface area contributed by atoms with Crippen LogP contribution in [-0.4, -0.2) is 63.4 Å². The zero-order chi connectivity index (χ0) is 19.7. The first kappa shape index (κ1) is 19.1. The molecule has 1 aromatic carbocycles. The van der Waals surface area contributed by atoms with Crippen LogP contribution in [0.15, 0.2) is 29.1 Å². The minimum atomic E-state index is -0.0910. The van der Waals surface area contributed by atoms with Gasteiger partial charge in [0.15, 0.2) is 0 Å². The number of amides is 1. The number of piperidine rings is 2. The van der Waals surface area contributed by atoms with Gasteiger partial charge in [0, 0.05) is 26.2 Å². The Morgan fingerprint density at radius 3 is 2.50 bits per heavy atom. The predicted molar refractivity (Wildman–Crippen MR) is 108 cm³/mol. The molecule has 7 nitrogen and oxygen atoms in total. The largest absolute Gasteiger partial charge is 0.341 e. The van der Waals surface area contributed by atoms with Crippen LogP contribution in [0, 0.1) is 11.8 Å². The molecule has 2 atom stereocenters. The lowest BCUT2D eigenvalue weighted by atomic mass is 9.92. The van der Waals surface area contributed by atoms with Gasteiger partial charge in [0.25, 0.3) is 5.56 Å². The summed E-state index contributed by atoms with van der Waals surface area (Å²) >= 11 is 0. The van der Waals surface area contributed by atoms with Gasteiger partial charge in [-0.3, -0.25) is 14.5 Å². The van der Waals surface area contributed by atoms with E-state index >= 15 is 0 Å². The van der Waals surface area contributed by atoms with E-state index in [4.69, 9.17) is 0 Å². The summed E-state index contributed by atoms with van der Waals surface area (Å²) in [5, 5.41) is 8.94. The van der Waals surface area contributed by atoms with Crippen molar-refractivity contribution in [1.29, 1.82) is 0 Å². The van der Waals surface area contributed by atoms with E-state index in [-0.39, 0.29) is 17.5 Å². The lowest BCUT2D eigenvalue weighted by molar-refractivity contribution is -0.134. The van der Waals surface area contributed by atoms with Crippen LogP contribution >= 0.6 is 0 Å². The smallest absolute Gasteiger partial charge is 0.277 e. The quantitative estimate of drug-likeness (QED) is 0.810. The summed E-state index contributed by atoms with van der Waals surface area (Å²) in [6, 6.07) is 7.30. The van der Waals surface area contributed by atoms with E-state index in [0.29, 0.717) is 42.4 Å². The van der Waals surface area contributed by atoms with Gasteiger partial charge >= 0.3 is 0 Å². The van der Waals surface area contributed by atoms with Crippen molar-refractivity contribution in [2.24, 2.45) is 11.8 Å². The van der Waals surface area contributed by atoms with Crippen LogP contribution in [0.5, 0.6) is 0 Å². The van der Waals surface area contributed by atoms with E-state index in [1.165, 1.54) is 11.1 Å².